The smallest absolute Gasteiger partial charge is 0.253 e. The lowest BCUT2D eigenvalue weighted by Crippen LogP contribution is -2.69. The lowest BCUT2D eigenvalue weighted by Gasteiger charge is -2.43. The highest BCUT2D eigenvalue weighted by atomic mass is 16.2. The van der Waals surface area contributed by atoms with E-state index >= 15 is 0 Å². The minimum Gasteiger partial charge on any atom is -0.340 e. The number of aryl methyl sites for hydroxylation is 1. The van der Waals surface area contributed by atoms with Crippen LogP contribution in [0.4, 0.5) is 5.69 Å². The first-order valence-corrected chi connectivity index (χ1v) is 7.26. The molecule has 1 aromatic rings. The number of amides is 2. The molecular weight excluding hydrogens is 252 g/mol. The molecule has 1 saturated carbocycles. The van der Waals surface area contributed by atoms with E-state index in [2.05, 4.69) is 5.32 Å². The lowest BCUT2D eigenvalue weighted by molar-refractivity contribution is -0.137. The third-order valence-corrected chi connectivity index (χ3v) is 4.59. The summed E-state index contributed by atoms with van der Waals surface area (Å²) in [6.07, 6.45) is 3.52. The summed E-state index contributed by atoms with van der Waals surface area (Å²) in [6, 6.07) is 7.31. The van der Waals surface area contributed by atoms with Gasteiger partial charge in [-0.3, -0.25) is 14.5 Å². The second kappa shape index (κ2) is 4.62. The van der Waals surface area contributed by atoms with Crippen molar-refractivity contribution in [2.24, 2.45) is 0 Å². The van der Waals surface area contributed by atoms with Gasteiger partial charge in [0.25, 0.3) is 5.91 Å². The fourth-order valence-corrected chi connectivity index (χ4v) is 3.39. The molecule has 1 N–H and O–H groups in total. The van der Waals surface area contributed by atoms with Gasteiger partial charge < -0.3 is 5.32 Å². The topological polar surface area (TPSA) is 49.4 Å². The number of hydrogen-bond acceptors (Lipinski definition) is 2. The molecule has 4 nitrogen and oxygen atoms in total. The minimum absolute atomic E-state index is 0.0465. The second-order valence-electron chi connectivity index (χ2n) is 5.92. The van der Waals surface area contributed by atoms with Crippen LogP contribution in [-0.2, 0) is 9.59 Å². The number of anilines is 1. The van der Waals surface area contributed by atoms with E-state index in [9.17, 15) is 9.59 Å². The molecule has 4 heteroatoms. The number of carbonyl (C=O) groups excluding carboxylic acids is 2. The van der Waals surface area contributed by atoms with E-state index in [1.54, 1.807) is 11.8 Å². The molecule has 2 aliphatic rings. The molecule has 3 rings (SSSR count). The molecular formula is C16H20N2O2. The number of rotatable bonds is 1. The molecule has 1 heterocycles. The molecule has 1 atom stereocenters. The van der Waals surface area contributed by atoms with E-state index < -0.39 is 11.6 Å². The zero-order valence-electron chi connectivity index (χ0n) is 12.0. The summed E-state index contributed by atoms with van der Waals surface area (Å²) in [5.41, 5.74) is 1.22. The average Bonchev–Trinajstić information content (AvgIpc) is 2.89. The summed E-state index contributed by atoms with van der Waals surface area (Å²) < 4.78 is 0. The zero-order valence-corrected chi connectivity index (χ0v) is 12.0. The predicted molar refractivity (Wildman–Crippen MR) is 77.5 cm³/mol. The third kappa shape index (κ3) is 1.82. The Kier molecular flexibility index (Phi) is 3.04. The maximum absolute atomic E-state index is 13.0. The Bertz CT molecular complexity index is 561. The van der Waals surface area contributed by atoms with Gasteiger partial charge in [-0.15, -0.1) is 0 Å². The summed E-state index contributed by atoms with van der Waals surface area (Å²) in [5.74, 6) is 0.00570. The Morgan fingerprint density at radius 1 is 1.20 bits per heavy atom. The number of nitrogens with zero attached hydrogens (tertiary/aromatic N) is 1. The zero-order chi connectivity index (χ0) is 14.3. The molecule has 1 saturated heterocycles. The SMILES string of the molecule is Cc1ccccc1N1C(=O)C2(CCCC2)NC(=O)C1C. The van der Waals surface area contributed by atoms with Crippen molar-refractivity contribution in [3.8, 4) is 0 Å². The van der Waals surface area contributed by atoms with Crippen LogP contribution in [0.15, 0.2) is 24.3 Å². The van der Waals surface area contributed by atoms with E-state index in [1.807, 2.05) is 31.2 Å². The summed E-state index contributed by atoms with van der Waals surface area (Å²) in [5, 5.41) is 2.98. The Balaban J connectivity index is 2.05. The molecule has 0 radical (unpaired) electrons. The number of benzene rings is 1. The molecule has 1 aliphatic carbocycles. The molecule has 2 amide bonds. The maximum Gasteiger partial charge on any atom is 0.253 e. The first-order chi connectivity index (χ1) is 9.55. The monoisotopic (exact) mass is 272 g/mol. The van der Waals surface area contributed by atoms with Crippen LogP contribution >= 0.6 is 0 Å². The van der Waals surface area contributed by atoms with E-state index in [0.29, 0.717) is 0 Å². The largest absolute Gasteiger partial charge is 0.340 e. The third-order valence-electron chi connectivity index (χ3n) is 4.59. The molecule has 1 aromatic carbocycles. The van der Waals surface area contributed by atoms with Crippen LogP contribution in [-0.4, -0.2) is 23.4 Å². The van der Waals surface area contributed by atoms with Crippen molar-refractivity contribution in [3.05, 3.63) is 29.8 Å². The van der Waals surface area contributed by atoms with E-state index in [0.717, 1.165) is 36.9 Å². The average molecular weight is 272 g/mol. The summed E-state index contributed by atoms with van der Waals surface area (Å²) in [7, 11) is 0. The molecule has 2 fully saturated rings. The molecule has 0 bridgehead atoms. The minimum atomic E-state index is -0.661. The van der Waals surface area contributed by atoms with Gasteiger partial charge in [-0.2, -0.15) is 0 Å². The highest BCUT2D eigenvalue weighted by molar-refractivity contribution is 6.11. The molecule has 20 heavy (non-hydrogen) atoms. The normalized spacial score (nSPS) is 25.1. The summed E-state index contributed by atoms with van der Waals surface area (Å²) in [4.78, 5) is 27.0. The summed E-state index contributed by atoms with van der Waals surface area (Å²) in [6.45, 7) is 3.77. The van der Waals surface area contributed by atoms with E-state index in [1.165, 1.54) is 0 Å². The van der Waals surface area contributed by atoms with Gasteiger partial charge in [-0.05, 0) is 38.3 Å². The predicted octanol–water partition coefficient (Wildman–Crippen LogP) is 2.16. The van der Waals surface area contributed by atoms with Crippen LogP contribution in [0, 0.1) is 6.92 Å². The Labute approximate surface area is 119 Å². The van der Waals surface area contributed by atoms with Crippen molar-refractivity contribution in [1.82, 2.24) is 5.32 Å². The van der Waals surface area contributed by atoms with Gasteiger partial charge in [0.05, 0.1) is 0 Å². The molecule has 1 spiro atoms. The Hall–Kier alpha value is -1.84. The van der Waals surface area contributed by atoms with Gasteiger partial charge in [0.2, 0.25) is 5.91 Å². The standard InChI is InChI=1S/C16H20N2O2/c1-11-7-3-4-8-13(11)18-12(2)14(19)17-16(15(18)20)9-5-6-10-16/h3-4,7-8,12H,5-6,9-10H2,1-2H3,(H,17,19). The van der Waals surface area contributed by atoms with Gasteiger partial charge >= 0.3 is 0 Å². The van der Waals surface area contributed by atoms with Crippen LogP contribution in [0.3, 0.4) is 0 Å². The van der Waals surface area contributed by atoms with Crippen LogP contribution in [0.1, 0.15) is 38.2 Å². The van der Waals surface area contributed by atoms with Crippen molar-refractivity contribution in [2.75, 3.05) is 4.90 Å². The van der Waals surface area contributed by atoms with E-state index in [-0.39, 0.29) is 11.8 Å². The Morgan fingerprint density at radius 3 is 2.50 bits per heavy atom. The maximum atomic E-state index is 13.0. The molecule has 106 valence electrons. The molecule has 0 aromatic heterocycles. The number of nitrogens with one attached hydrogen (secondary N) is 1. The molecule has 1 unspecified atom stereocenters. The van der Waals surface area contributed by atoms with Crippen molar-refractivity contribution in [1.29, 1.82) is 0 Å². The van der Waals surface area contributed by atoms with Gasteiger partial charge in [-0.25, -0.2) is 0 Å². The van der Waals surface area contributed by atoms with E-state index in [4.69, 9.17) is 0 Å². The quantitative estimate of drug-likeness (QED) is 0.851. The number of piperazine rings is 1. The number of carbonyl (C=O) groups is 2. The Morgan fingerprint density at radius 2 is 1.85 bits per heavy atom. The lowest BCUT2D eigenvalue weighted by atomic mass is 9.90. The van der Waals surface area contributed by atoms with Crippen LogP contribution in [0.25, 0.3) is 0 Å². The molecule has 1 aliphatic heterocycles. The van der Waals surface area contributed by atoms with Crippen LogP contribution < -0.4 is 10.2 Å². The van der Waals surface area contributed by atoms with Crippen LogP contribution in [0.2, 0.25) is 0 Å². The fraction of sp³-hybridized carbons (Fsp3) is 0.500. The van der Waals surface area contributed by atoms with Crippen LogP contribution in [0.5, 0.6) is 0 Å². The first kappa shape index (κ1) is 13.2. The van der Waals surface area contributed by atoms with Gasteiger partial charge in [0.15, 0.2) is 0 Å². The first-order valence-electron chi connectivity index (χ1n) is 7.26. The van der Waals surface area contributed by atoms with Crippen molar-refractivity contribution < 1.29 is 9.59 Å². The number of para-hydroxylation sites is 1. The number of hydrogen-bond donors (Lipinski definition) is 1. The van der Waals surface area contributed by atoms with Gasteiger partial charge in [-0.1, -0.05) is 31.0 Å². The second-order valence-corrected chi connectivity index (χ2v) is 5.92. The van der Waals surface area contributed by atoms with Crippen molar-refractivity contribution in [3.63, 3.8) is 0 Å². The highest BCUT2D eigenvalue weighted by Gasteiger charge is 2.51. The van der Waals surface area contributed by atoms with Gasteiger partial charge in [0, 0.05) is 5.69 Å². The summed E-state index contributed by atoms with van der Waals surface area (Å²) >= 11 is 0. The van der Waals surface area contributed by atoms with Crippen molar-refractivity contribution in [2.45, 2.75) is 51.1 Å². The van der Waals surface area contributed by atoms with Crippen molar-refractivity contribution >= 4 is 17.5 Å². The fourth-order valence-electron chi connectivity index (χ4n) is 3.39. The van der Waals surface area contributed by atoms with Gasteiger partial charge in [0.1, 0.15) is 11.6 Å². The highest BCUT2D eigenvalue weighted by Crippen LogP contribution is 2.37.